The Morgan fingerprint density at radius 2 is 1.85 bits per heavy atom. The van der Waals surface area contributed by atoms with Crippen molar-refractivity contribution in [1.29, 1.82) is 0 Å². The van der Waals surface area contributed by atoms with Crippen LogP contribution in [0.1, 0.15) is 4.88 Å². The lowest BCUT2D eigenvalue weighted by molar-refractivity contribution is -0.115. The van der Waals surface area contributed by atoms with E-state index < -0.39 is 10.0 Å². The van der Waals surface area contributed by atoms with Gasteiger partial charge in [-0.1, -0.05) is 35.9 Å². The van der Waals surface area contributed by atoms with Crippen LogP contribution in [0, 0.1) is 0 Å². The summed E-state index contributed by atoms with van der Waals surface area (Å²) in [6.07, 6.45) is 0.243. The van der Waals surface area contributed by atoms with Crippen molar-refractivity contribution in [2.45, 2.75) is 11.3 Å². The van der Waals surface area contributed by atoms with Gasteiger partial charge in [0.25, 0.3) is 10.0 Å². The molecule has 0 saturated carbocycles. The third-order valence-corrected chi connectivity index (χ3v) is 6.03. The van der Waals surface area contributed by atoms with E-state index in [9.17, 15) is 13.2 Å². The molecular weight excluding hydrogens is 392 g/mol. The lowest BCUT2D eigenvalue weighted by Crippen LogP contribution is -2.16. The van der Waals surface area contributed by atoms with Crippen LogP contribution < -0.4 is 10.0 Å². The zero-order valence-corrected chi connectivity index (χ0v) is 15.9. The van der Waals surface area contributed by atoms with Crippen molar-refractivity contribution in [3.8, 4) is 0 Å². The van der Waals surface area contributed by atoms with Gasteiger partial charge in [-0.15, -0.1) is 11.3 Å². The van der Waals surface area contributed by atoms with Gasteiger partial charge in [0.05, 0.1) is 22.0 Å². The minimum atomic E-state index is -3.83. The van der Waals surface area contributed by atoms with Crippen molar-refractivity contribution in [3.05, 3.63) is 75.9 Å². The van der Waals surface area contributed by atoms with Crippen molar-refractivity contribution in [2.75, 3.05) is 10.0 Å². The van der Waals surface area contributed by atoms with E-state index in [0.717, 1.165) is 4.88 Å². The number of sulfonamides is 1. The monoisotopic (exact) mass is 406 g/mol. The quantitative estimate of drug-likeness (QED) is 0.637. The number of halogens is 1. The smallest absolute Gasteiger partial charge is 0.262 e. The second kappa shape index (κ2) is 7.90. The average Bonchev–Trinajstić information content (AvgIpc) is 3.10. The average molecular weight is 407 g/mol. The predicted molar refractivity (Wildman–Crippen MR) is 105 cm³/mol. The maximum Gasteiger partial charge on any atom is 0.262 e. The van der Waals surface area contributed by atoms with Gasteiger partial charge in [-0.05, 0) is 41.8 Å². The molecule has 0 aliphatic carbocycles. The maximum atomic E-state index is 12.6. The summed E-state index contributed by atoms with van der Waals surface area (Å²) in [5, 5.41) is 4.92. The highest BCUT2D eigenvalue weighted by molar-refractivity contribution is 7.92. The third-order valence-electron chi connectivity index (χ3n) is 3.46. The first-order valence-corrected chi connectivity index (χ1v) is 10.4. The molecule has 0 unspecified atom stereocenters. The molecule has 8 heteroatoms. The number of para-hydroxylation sites is 1. The summed E-state index contributed by atoms with van der Waals surface area (Å²) >= 11 is 7.50. The molecule has 26 heavy (non-hydrogen) atoms. The third kappa shape index (κ3) is 4.63. The van der Waals surface area contributed by atoms with Crippen LogP contribution in [0.3, 0.4) is 0 Å². The summed E-state index contributed by atoms with van der Waals surface area (Å²) in [7, 11) is -3.83. The summed E-state index contributed by atoms with van der Waals surface area (Å²) < 4.78 is 27.6. The minimum absolute atomic E-state index is 0.0337. The molecule has 0 radical (unpaired) electrons. The summed E-state index contributed by atoms with van der Waals surface area (Å²) in [5.41, 5.74) is 0.704. The van der Waals surface area contributed by atoms with E-state index in [1.165, 1.54) is 23.5 Å². The first kappa shape index (κ1) is 18.4. The Balaban J connectivity index is 1.75. The van der Waals surface area contributed by atoms with E-state index in [2.05, 4.69) is 10.0 Å². The fraction of sp³-hybridized carbons (Fsp3) is 0.0556. The van der Waals surface area contributed by atoms with E-state index in [1.54, 1.807) is 36.4 Å². The van der Waals surface area contributed by atoms with Crippen molar-refractivity contribution >= 4 is 50.2 Å². The molecule has 2 N–H and O–H groups in total. The predicted octanol–water partition coefficient (Wildman–Crippen LogP) is 4.38. The lowest BCUT2D eigenvalue weighted by Gasteiger charge is -2.11. The van der Waals surface area contributed by atoms with Gasteiger partial charge < -0.3 is 5.32 Å². The van der Waals surface area contributed by atoms with Crippen molar-refractivity contribution in [2.24, 2.45) is 0 Å². The molecule has 1 amide bonds. The van der Waals surface area contributed by atoms with Crippen LogP contribution in [0.4, 0.5) is 11.4 Å². The maximum absolute atomic E-state index is 12.6. The molecule has 3 aromatic rings. The first-order chi connectivity index (χ1) is 12.4. The minimum Gasteiger partial charge on any atom is -0.326 e. The molecule has 5 nitrogen and oxygen atoms in total. The van der Waals surface area contributed by atoms with Crippen LogP contribution in [-0.4, -0.2) is 14.3 Å². The molecule has 2 aromatic carbocycles. The van der Waals surface area contributed by atoms with Gasteiger partial charge in [0.15, 0.2) is 0 Å². The van der Waals surface area contributed by atoms with Crippen LogP contribution in [0.15, 0.2) is 70.9 Å². The number of hydrogen-bond donors (Lipinski definition) is 2. The van der Waals surface area contributed by atoms with Gasteiger partial charge in [-0.25, -0.2) is 8.42 Å². The molecule has 0 bridgehead atoms. The van der Waals surface area contributed by atoms with Crippen LogP contribution in [0.25, 0.3) is 0 Å². The Hall–Kier alpha value is -2.35. The van der Waals surface area contributed by atoms with Crippen LogP contribution in [0.5, 0.6) is 0 Å². The highest BCUT2D eigenvalue weighted by atomic mass is 35.5. The topological polar surface area (TPSA) is 75.3 Å². The number of benzene rings is 2. The van der Waals surface area contributed by atoms with E-state index in [0.29, 0.717) is 16.4 Å². The van der Waals surface area contributed by atoms with Gasteiger partial charge in [-0.3, -0.25) is 9.52 Å². The molecule has 0 aliphatic rings. The Morgan fingerprint density at radius 1 is 1.04 bits per heavy atom. The number of carbonyl (C=O) groups is 1. The fourth-order valence-electron chi connectivity index (χ4n) is 2.27. The molecule has 134 valence electrons. The molecule has 0 atom stereocenters. The second-order valence-electron chi connectivity index (χ2n) is 5.42. The Labute approximate surface area is 160 Å². The van der Waals surface area contributed by atoms with E-state index in [4.69, 9.17) is 11.6 Å². The van der Waals surface area contributed by atoms with Crippen LogP contribution >= 0.6 is 22.9 Å². The van der Waals surface area contributed by atoms with Gasteiger partial charge in [0.1, 0.15) is 0 Å². The number of rotatable bonds is 6. The van der Waals surface area contributed by atoms with Crippen molar-refractivity contribution < 1.29 is 13.2 Å². The Bertz CT molecular complexity index is 1020. The molecule has 1 aromatic heterocycles. The van der Waals surface area contributed by atoms with Crippen LogP contribution in [0.2, 0.25) is 5.02 Å². The largest absolute Gasteiger partial charge is 0.326 e. The highest BCUT2D eigenvalue weighted by Gasteiger charge is 2.16. The number of amides is 1. The normalized spacial score (nSPS) is 11.1. The Kier molecular flexibility index (Phi) is 5.61. The Morgan fingerprint density at radius 3 is 2.58 bits per heavy atom. The van der Waals surface area contributed by atoms with Crippen molar-refractivity contribution in [1.82, 2.24) is 0 Å². The summed E-state index contributed by atoms with van der Waals surface area (Å²) in [6.45, 7) is 0. The number of anilines is 2. The van der Waals surface area contributed by atoms with Gasteiger partial charge >= 0.3 is 0 Å². The highest BCUT2D eigenvalue weighted by Crippen LogP contribution is 2.25. The molecule has 1 heterocycles. The number of carbonyl (C=O) groups excluding carboxylic acids is 1. The molecule has 0 aliphatic heterocycles. The van der Waals surface area contributed by atoms with Gasteiger partial charge in [0, 0.05) is 10.6 Å². The zero-order chi connectivity index (χ0) is 18.6. The summed E-state index contributed by atoms with van der Waals surface area (Å²) in [6, 6.07) is 16.4. The van der Waals surface area contributed by atoms with Crippen LogP contribution in [-0.2, 0) is 21.2 Å². The first-order valence-electron chi connectivity index (χ1n) is 7.64. The molecule has 3 rings (SSSR count). The molecule has 0 spiro atoms. The molecule has 0 saturated heterocycles. The lowest BCUT2D eigenvalue weighted by atomic mass is 10.3. The molecule has 0 fully saturated rings. The number of nitrogens with one attached hydrogen (secondary N) is 2. The standard InChI is InChI=1S/C18H15ClN2O3S2/c19-16-8-1-2-9-17(16)21-26(23,24)15-7-3-5-13(11-15)20-18(22)12-14-6-4-10-25-14/h1-11,21H,12H2,(H,20,22). The molecular formula is C18H15ClN2O3S2. The van der Waals surface area contributed by atoms with Gasteiger partial charge in [0.2, 0.25) is 5.91 Å². The summed E-state index contributed by atoms with van der Waals surface area (Å²) in [5.74, 6) is -0.207. The summed E-state index contributed by atoms with van der Waals surface area (Å²) in [4.78, 5) is 13.1. The van der Waals surface area contributed by atoms with E-state index in [1.807, 2.05) is 17.5 Å². The van der Waals surface area contributed by atoms with E-state index in [-0.39, 0.29) is 17.2 Å². The second-order valence-corrected chi connectivity index (χ2v) is 8.54. The van der Waals surface area contributed by atoms with E-state index >= 15 is 0 Å². The number of hydrogen-bond acceptors (Lipinski definition) is 4. The van der Waals surface area contributed by atoms with Gasteiger partial charge in [-0.2, -0.15) is 0 Å². The SMILES string of the molecule is O=C(Cc1cccs1)Nc1cccc(S(=O)(=O)Nc2ccccc2Cl)c1. The number of thiophene rings is 1. The van der Waals surface area contributed by atoms with Crippen molar-refractivity contribution in [3.63, 3.8) is 0 Å². The fourth-order valence-corrected chi connectivity index (χ4v) is 4.33. The zero-order valence-electron chi connectivity index (χ0n) is 13.5.